The lowest BCUT2D eigenvalue weighted by Gasteiger charge is -2.27. The zero-order valence-electron chi connectivity index (χ0n) is 9.84. The van der Waals surface area contributed by atoms with E-state index in [1.165, 1.54) is 25.7 Å². The van der Waals surface area contributed by atoms with Crippen LogP contribution in [0.1, 0.15) is 52.9 Å². The molecule has 0 amide bonds. The van der Waals surface area contributed by atoms with E-state index >= 15 is 0 Å². The summed E-state index contributed by atoms with van der Waals surface area (Å²) in [5.74, 6) is 0.565. The van der Waals surface area contributed by atoms with Crippen molar-refractivity contribution in [3.63, 3.8) is 0 Å². The van der Waals surface area contributed by atoms with E-state index in [-0.39, 0.29) is 0 Å². The molecule has 14 heavy (non-hydrogen) atoms. The van der Waals surface area contributed by atoms with Crippen molar-refractivity contribution in [3.05, 3.63) is 0 Å². The van der Waals surface area contributed by atoms with Crippen molar-refractivity contribution >= 4 is 0 Å². The molecule has 84 valence electrons. The Hall–Kier alpha value is -0.0800. The fourth-order valence-corrected chi connectivity index (χ4v) is 2.45. The van der Waals surface area contributed by atoms with Gasteiger partial charge in [-0.15, -0.1) is 0 Å². The minimum absolute atomic E-state index is 0.531. The van der Waals surface area contributed by atoms with Crippen LogP contribution in [0.2, 0.25) is 0 Å². The van der Waals surface area contributed by atoms with Crippen LogP contribution in [-0.4, -0.2) is 23.3 Å². The smallest absolute Gasteiger partial charge is 0.0746 e. The van der Waals surface area contributed by atoms with E-state index in [2.05, 4.69) is 19.2 Å². The van der Waals surface area contributed by atoms with Gasteiger partial charge in [-0.25, -0.2) is 0 Å². The topological polar surface area (TPSA) is 32.3 Å². The van der Waals surface area contributed by atoms with E-state index in [1.54, 1.807) is 0 Å². The van der Waals surface area contributed by atoms with E-state index < -0.39 is 5.60 Å². The Bertz CT molecular complexity index is 160. The van der Waals surface area contributed by atoms with Gasteiger partial charge in [-0.05, 0) is 32.1 Å². The van der Waals surface area contributed by atoms with E-state index in [0.29, 0.717) is 12.0 Å². The van der Waals surface area contributed by atoms with E-state index in [0.717, 1.165) is 13.0 Å². The molecule has 1 fully saturated rings. The molecule has 0 aliphatic heterocycles. The number of rotatable bonds is 5. The maximum absolute atomic E-state index is 10.1. The van der Waals surface area contributed by atoms with Crippen molar-refractivity contribution in [3.8, 4) is 0 Å². The maximum Gasteiger partial charge on any atom is 0.0746 e. The average Bonchev–Trinajstić information content (AvgIpc) is 2.50. The molecule has 0 bridgehead atoms. The fourth-order valence-electron chi connectivity index (χ4n) is 2.45. The molecule has 1 rings (SSSR count). The zero-order valence-corrected chi connectivity index (χ0v) is 9.84. The summed E-state index contributed by atoms with van der Waals surface area (Å²) in [6.45, 7) is 7.00. The van der Waals surface area contributed by atoms with Crippen LogP contribution < -0.4 is 5.32 Å². The van der Waals surface area contributed by atoms with Gasteiger partial charge in [-0.2, -0.15) is 0 Å². The Morgan fingerprint density at radius 3 is 2.43 bits per heavy atom. The second kappa shape index (κ2) is 5.13. The lowest BCUT2D eigenvalue weighted by molar-refractivity contribution is 0.0361. The molecule has 2 nitrogen and oxygen atoms in total. The molecule has 1 saturated carbocycles. The van der Waals surface area contributed by atoms with Crippen molar-refractivity contribution in [2.45, 2.75) is 64.5 Å². The summed E-state index contributed by atoms with van der Waals surface area (Å²) in [5, 5.41) is 13.6. The normalized spacial score (nSPS) is 22.9. The quantitative estimate of drug-likeness (QED) is 0.712. The molecule has 2 heteroatoms. The van der Waals surface area contributed by atoms with Gasteiger partial charge in [0.15, 0.2) is 0 Å². The summed E-state index contributed by atoms with van der Waals surface area (Å²) in [7, 11) is 0. The summed E-state index contributed by atoms with van der Waals surface area (Å²) in [6, 6.07) is 0.661. The van der Waals surface area contributed by atoms with Crippen molar-refractivity contribution in [2.24, 2.45) is 5.92 Å². The van der Waals surface area contributed by atoms with Gasteiger partial charge in [-0.1, -0.05) is 26.7 Å². The van der Waals surface area contributed by atoms with Gasteiger partial charge in [0.05, 0.1) is 5.60 Å². The Labute approximate surface area is 88.1 Å². The second-order valence-corrected chi connectivity index (χ2v) is 5.46. The molecule has 0 radical (unpaired) electrons. The molecule has 0 aromatic heterocycles. The van der Waals surface area contributed by atoms with Gasteiger partial charge in [0.25, 0.3) is 0 Å². The summed E-state index contributed by atoms with van der Waals surface area (Å²) < 4.78 is 0. The van der Waals surface area contributed by atoms with Gasteiger partial charge >= 0.3 is 0 Å². The highest BCUT2D eigenvalue weighted by Crippen LogP contribution is 2.20. The van der Waals surface area contributed by atoms with Crippen molar-refractivity contribution in [2.75, 3.05) is 6.54 Å². The number of hydrogen-bond acceptors (Lipinski definition) is 2. The molecule has 0 spiro atoms. The third kappa shape index (κ3) is 4.43. The van der Waals surface area contributed by atoms with Crippen LogP contribution in [0, 0.1) is 5.92 Å². The minimum atomic E-state index is -0.531. The highest BCUT2D eigenvalue weighted by atomic mass is 16.3. The van der Waals surface area contributed by atoms with Crippen LogP contribution >= 0.6 is 0 Å². The predicted molar refractivity (Wildman–Crippen MR) is 60.3 cm³/mol. The third-order valence-corrected chi connectivity index (χ3v) is 2.97. The first-order valence-electron chi connectivity index (χ1n) is 5.95. The zero-order chi connectivity index (χ0) is 10.6. The molecule has 1 aliphatic carbocycles. The molecule has 0 saturated heterocycles. The molecule has 1 unspecified atom stereocenters. The van der Waals surface area contributed by atoms with Gasteiger partial charge < -0.3 is 10.4 Å². The Kier molecular flexibility index (Phi) is 4.39. The number of aliphatic hydroxyl groups is 1. The maximum atomic E-state index is 10.1. The van der Waals surface area contributed by atoms with Crippen LogP contribution in [0.25, 0.3) is 0 Å². The van der Waals surface area contributed by atoms with Crippen molar-refractivity contribution < 1.29 is 5.11 Å². The molecule has 2 N–H and O–H groups in total. The van der Waals surface area contributed by atoms with Crippen LogP contribution in [0.4, 0.5) is 0 Å². The largest absolute Gasteiger partial charge is 0.389 e. The summed E-state index contributed by atoms with van der Waals surface area (Å²) >= 11 is 0. The molecular weight excluding hydrogens is 174 g/mol. The van der Waals surface area contributed by atoms with E-state index in [4.69, 9.17) is 0 Å². The van der Waals surface area contributed by atoms with Gasteiger partial charge in [0.2, 0.25) is 0 Å². The summed E-state index contributed by atoms with van der Waals surface area (Å²) in [5.41, 5.74) is -0.531. The second-order valence-electron chi connectivity index (χ2n) is 5.46. The van der Waals surface area contributed by atoms with E-state index in [1.807, 2.05) is 6.92 Å². The number of nitrogens with one attached hydrogen (secondary N) is 1. The van der Waals surface area contributed by atoms with Crippen LogP contribution in [0.5, 0.6) is 0 Å². The van der Waals surface area contributed by atoms with Crippen LogP contribution in [0.3, 0.4) is 0 Å². The molecule has 1 atom stereocenters. The monoisotopic (exact) mass is 199 g/mol. The molecule has 0 heterocycles. The van der Waals surface area contributed by atoms with Crippen LogP contribution in [-0.2, 0) is 0 Å². The summed E-state index contributed by atoms with van der Waals surface area (Å²) in [6.07, 6.45) is 6.16. The lowest BCUT2D eigenvalue weighted by Crippen LogP contribution is -2.42. The van der Waals surface area contributed by atoms with E-state index in [9.17, 15) is 5.11 Å². The number of hydrogen-bond donors (Lipinski definition) is 2. The van der Waals surface area contributed by atoms with Gasteiger partial charge in [0.1, 0.15) is 0 Å². The van der Waals surface area contributed by atoms with Crippen LogP contribution in [0.15, 0.2) is 0 Å². The first kappa shape index (κ1) is 12.0. The fraction of sp³-hybridized carbons (Fsp3) is 1.00. The molecule has 0 aromatic carbocycles. The highest BCUT2D eigenvalue weighted by Gasteiger charge is 2.24. The average molecular weight is 199 g/mol. The standard InChI is InChI=1S/C12H25NO/c1-10(2)8-12(3,14)9-13-11-6-4-5-7-11/h10-11,13-14H,4-9H2,1-3H3. The lowest BCUT2D eigenvalue weighted by atomic mass is 9.94. The SMILES string of the molecule is CC(C)CC(C)(O)CNC1CCCC1. The van der Waals surface area contributed by atoms with Crippen molar-refractivity contribution in [1.82, 2.24) is 5.32 Å². The molecule has 1 aliphatic rings. The molecule has 0 aromatic rings. The minimum Gasteiger partial charge on any atom is -0.389 e. The van der Waals surface area contributed by atoms with Gasteiger partial charge in [0, 0.05) is 12.6 Å². The Balaban J connectivity index is 2.20. The van der Waals surface area contributed by atoms with Crippen molar-refractivity contribution in [1.29, 1.82) is 0 Å². The first-order chi connectivity index (χ1) is 6.49. The molecular formula is C12H25NO. The third-order valence-electron chi connectivity index (χ3n) is 2.97. The Morgan fingerprint density at radius 2 is 1.93 bits per heavy atom. The first-order valence-corrected chi connectivity index (χ1v) is 5.95. The van der Waals surface area contributed by atoms with Gasteiger partial charge in [-0.3, -0.25) is 0 Å². The predicted octanol–water partition coefficient (Wildman–Crippen LogP) is 2.32. The Morgan fingerprint density at radius 1 is 1.36 bits per heavy atom. The highest BCUT2D eigenvalue weighted by molar-refractivity contribution is 4.81. The summed E-state index contributed by atoms with van der Waals surface area (Å²) in [4.78, 5) is 0.